The van der Waals surface area contributed by atoms with E-state index in [1.165, 1.54) is 0 Å². The van der Waals surface area contributed by atoms with Crippen molar-refractivity contribution in [3.05, 3.63) is 35.9 Å². The summed E-state index contributed by atoms with van der Waals surface area (Å²) in [6.45, 7) is 4.89. The van der Waals surface area contributed by atoms with Gasteiger partial charge in [0, 0.05) is 13.6 Å². The Bertz CT molecular complexity index is 309. The predicted octanol–water partition coefficient (Wildman–Crippen LogP) is 2.35. The van der Waals surface area contributed by atoms with Crippen LogP contribution in [0.3, 0.4) is 0 Å². The molecule has 1 aromatic carbocycles. The van der Waals surface area contributed by atoms with Crippen LogP contribution in [0.2, 0.25) is 0 Å². The predicted molar refractivity (Wildman–Crippen MR) is 59.3 cm³/mol. The van der Waals surface area contributed by atoms with Crippen LogP contribution in [-0.2, 0) is 4.84 Å². The number of benzene rings is 1. The largest absolute Gasteiger partial charge is 0.364 e. The van der Waals surface area contributed by atoms with E-state index in [0.29, 0.717) is 11.5 Å². The van der Waals surface area contributed by atoms with Crippen LogP contribution in [0.5, 0.6) is 0 Å². The molecule has 0 aromatic heterocycles. The molecular weight excluding hydrogens is 190 g/mol. The molecule has 1 aromatic rings. The van der Waals surface area contributed by atoms with Crippen LogP contribution in [0.1, 0.15) is 24.2 Å². The maximum atomic E-state index is 11.6. The van der Waals surface area contributed by atoms with Crippen LogP contribution in [0.15, 0.2) is 30.3 Å². The zero-order chi connectivity index (χ0) is 11.3. The summed E-state index contributed by atoms with van der Waals surface area (Å²) in [5.74, 6) is 0.164. The molecule has 15 heavy (non-hydrogen) atoms. The quantitative estimate of drug-likeness (QED) is 0.710. The van der Waals surface area contributed by atoms with Gasteiger partial charge in [0.15, 0.2) is 0 Å². The summed E-state index contributed by atoms with van der Waals surface area (Å²) in [5, 5.41) is 1.57. The van der Waals surface area contributed by atoms with Crippen molar-refractivity contribution in [3.63, 3.8) is 0 Å². The van der Waals surface area contributed by atoms with Crippen LogP contribution in [0.25, 0.3) is 0 Å². The van der Waals surface area contributed by atoms with Crippen molar-refractivity contribution in [3.8, 4) is 0 Å². The number of carbonyl (C=O) groups is 1. The Hall–Kier alpha value is -1.35. The van der Waals surface area contributed by atoms with Gasteiger partial charge in [-0.1, -0.05) is 32.0 Å². The second-order valence-electron chi connectivity index (χ2n) is 3.95. The van der Waals surface area contributed by atoms with E-state index in [0.717, 1.165) is 6.54 Å². The third-order valence-corrected chi connectivity index (χ3v) is 1.87. The molecule has 0 N–H and O–H groups in total. The van der Waals surface area contributed by atoms with Gasteiger partial charge in [0.1, 0.15) is 0 Å². The van der Waals surface area contributed by atoms with E-state index in [4.69, 9.17) is 4.84 Å². The summed E-state index contributed by atoms with van der Waals surface area (Å²) >= 11 is 0. The SMILES string of the molecule is CC(C)CN(C)OC(=O)c1ccccc1. The molecule has 0 amide bonds. The Balaban J connectivity index is 2.49. The zero-order valence-electron chi connectivity index (χ0n) is 9.43. The van der Waals surface area contributed by atoms with Gasteiger partial charge in [-0.25, -0.2) is 4.79 Å². The highest BCUT2D eigenvalue weighted by Crippen LogP contribution is 2.04. The van der Waals surface area contributed by atoms with Crippen molar-refractivity contribution < 1.29 is 9.63 Å². The zero-order valence-corrected chi connectivity index (χ0v) is 9.43. The lowest BCUT2D eigenvalue weighted by molar-refractivity contribution is -0.0960. The molecule has 0 saturated heterocycles. The Morgan fingerprint density at radius 2 is 1.93 bits per heavy atom. The van der Waals surface area contributed by atoms with Gasteiger partial charge in [-0.05, 0) is 18.1 Å². The number of nitrogens with zero attached hydrogens (tertiary/aromatic N) is 1. The number of hydrogen-bond acceptors (Lipinski definition) is 3. The molecule has 0 aliphatic rings. The van der Waals surface area contributed by atoms with Gasteiger partial charge in [0.05, 0.1) is 5.56 Å². The van der Waals surface area contributed by atoms with E-state index >= 15 is 0 Å². The van der Waals surface area contributed by atoms with Crippen LogP contribution >= 0.6 is 0 Å². The molecule has 0 saturated carbocycles. The summed E-state index contributed by atoms with van der Waals surface area (Å²) < 4.78 is 0. The molecule has 0 unspecified atom stereocenters. The summed E-state index contributed by atoms with van der Waals surface area (Å²) in [4.78, 5) is 16.7. The molecule has 1 rings (SSSR count). The normalized spacial score (nSPS) is 10.7. The number of hydrogen-bond donors (Lipinski definition) is 0. The van der Waals surface area contributed by atoms with E-state index in [-0.39, 0.29) is 5.97 Å². The van der Waals surface area contributed by atoms with E-state index in [2.05, 4.69) is 13.8 Å². The molecule has 0 radical (unpaired) electrons. The van der Waals surface area contributed by atoms with E-state index in [1.54, 1.807) is 24.2 Å². The highest BCUT2D eigenvalue weighted by atomic mass is 16.7. The Morgan fingerprint density at radius 1 is 1.33 bits per heavy atom. The third-order valence-electron chi connectivity index (χ3n) is 1.87. The topological polar surface area (TPSA) is 29.5 Å². The van der Waals surface area contributed by atoms with Gasteiger partial charge in [-0.3, -0.25) is 0 Å². The Morgan fingerprint density at radius 3 is 2.47 bits per heavy atom. The first-order valence-electron chi connectivity index (χ1n) is 5.08. The molecular formula is C12H17NO2. The summed E-state index contributed by atoms with van der Waals surface area (Å²) in [5.41, 5.74) is 0.577. The van der Waals surface area contributed by atoms with E-state index in [9.17, 15) is 4.79 Å². The Labute approximate surface area is 90.6 Å². The van der Waals surface area contributed by atoms with Crippen LogP contribution in [0.4, 0.5) is 0 Å². The molecule has 0 aliphatic carbocycles. The number of rotatable bonds is 4. The molecule has 0 bridgehead atoms. The van der Waals surface area contributed by atoms with Gasteiger partial charge in [0.2, 0.25) is 0 Å². The molecule has 0 atom stereocenters. The number of hydroxylamine groups is 2. The fraction of sp³-hybridized carbons (Fsp3) is 0.417. The molecule has 0 spiro atoms. The van der Waals surface area contributed by atoms with Crippen molar-refractivity contribution in [1.29, 1.82) is 0 Å². The van der Waals surface area contributed by atoms with Gasteiger partial charge < -0.3 is 4.84 Å². The molecule has 0 fully saturated rings. The van der Waals surface area contributed by atoms with Crippen molar-refractivity contribution in [1.82, 2.24) is 5.06 Å². The standard InChI is InChI=1S/C12H17NO2/c1-10(2)9-13(3)15-12(14)11-7-5-4-6-8-11/h4-8,10H,9H2,1-3H3. The van der Waals surface area contributed by atoms with Crippen molar-refractivity contribution in [2.24, 2.45) is 5.92 Å². The van der Waals surface area contributed by atoms with Crippen LogP contribution < -0.4 is 0 Å². The molecule has 82 valence electrons. The minimum absolute atomic E-state index is 0.307. The van der Waals surface area contributed by atoms with E-state index in [1.807, 2.05) is 18.2 Å². The van der Waals surface area contributed by atoms with Crippen LogP contribution in [0, 0.1) is 5.92 Å². The fourth-order valence-corrected chi connectivity index (χ4v) is 1.32. The highest BCUT2D eigenvalue weighted by Gasteiger charge is 2.10. The average Bonchev–Trinajstić information content (AvgIpc) is 2.17. The first-order valence-corrected chi connectivity index (χ1v) is 5.08. The van der Waals surface area contributed by atoms with Crippen molar-refractivity contribution in [2.45, 2.75) is 13.8 Å². The van der Waals surface area contributed by atoms with Crippen LogP contribution in [-0.4, -0.2) is 24.6 Å². The smallest absolute Gasteiger partial charge is 0.357 e. The number of carbonyl (C=O) groups excluding carboxylic acids is 1. The minimum Gasteiger partial charge on any atom is -0.364 e. The van der Waals surface area contributed by atoms with Crippen molar-refractivity contribution >= 4 is 5.97 Å². The third kappa shape index (κ3) is 4.13. The van der Waals surface area contributed by atoms with Gasteiger partial charge in [-0.15, -0.1) is 5.06 Å². The molecule has 3 nitrogen and oxygen atoms in total. The molecule has 0 aliphatic heterocycles. The fourth-order valence-electron chi connectivity index (χ4n) is 1.32. The van der Waals surface area contributed by atoms with Gasteiger partial charge >= 0.3 is 5.97 Å². The van der Waals surface area contributed by atoms with Gasteiger partial charge in [-0.2, -0.15) is 0 Å². The summed E-state index contributed by atoms with van der Waals surface area (Å²) in [6.07, 6.45) is 0. The first-order chi connectivity index (χ1) is 7.09. The Kier molecular flexibility index (Phi) is 4.31. The monoisotopic (exact) mass is 207 g/mol. The molecule has 3 heteroatoms. The summed E-state index contributed by atoms with van der Waals surface area (Å²) in [6, 6.07) is 8.99. The second kappa shape index (κ2) is 5.51. The highest BCUT2D eigenvalue weighted by molar-refractivity contribution is 5.89. The maximum absolute atomic E-state index is 11.6. The second-order valence-corrected chi connectivity index (χ2v) is 3.95. The lowest BCUT2D eigenvalue weighted by Crippen LogP contribution is -2.26. The maximum Gasteiger partial charge on any atom is 0.357 e. The minimum atomic E-state index is -0.307. The average molecular weight is 207 g/mol. The first kappa shape index (κ1) is 11.7. The molecule has 0 heterocycles. The van der Waals surface area contributed by atoms with E-state index < -0.39 is 0 Å². The van der Waals surface area contributed by atoms with Gasteiger partial charge in [0.25, 0.3) is 0 Å². The summed E-state index contributed by atoms with van der Waals surface area (Å²) in [7, 11) is 1.76. The lowest BCUT2D eigenvalue weighted by atomic mass is 10.2. The van der Waals surface area contributed by atoms with Crippen molar-refractivity contribution in [2.75, 3.05) is 13.6 Å². The lowest BCUT2D eigenvalue weighted by Gasteiger charge is -2.17.